The zero-order valence-corrected chi connectivity index (χ0v) is 16.3. The zero-order valence-electron chi connectivity index (χ0n) is 16.3. The number of amides is 2. The summed E-state index contributed by atoms with van der Waals surface area (Å²) in [5.74, 6) is 0.154. The van der Waals surface area contributed by atoms with Gasteiger partial charge in [-0.2, -0.15) is 0 Å². The molecule has 2 amide bonds. The van der Waals surface area contributed by atoms with Crippen molar-refractivity contribution in [3.05, 3.63) is 83.9 Å². The average Bonchev–Trinajstić information content (AvgIpc) is 2.72. The first kappa shape index (κ1) is 20.8. The molecule has 0 fully saturated rings. The number of aliphatic imine (C=N–C) groups is 1. The van der Waals surface area contributed by atoms with Crippen LogP contribution in [0.4, 0.5) is 5.69 Å². The highest BCUT2D eigenvalue weighted by Crippen LogP contribution is 2.20. The Labute approximate surface area is 174 Å². The van der Waals surface area contributed by atoms with E-state index in [4.69, 9.17) is 4.74 Å². The Morgan fingerprint density at radius 1 is 1.10 bits per heavy atom. The molecule has 8 heteroatoms. The summed E-state index contributed by atoms with van der Waals surface area (Å²) in [5.41, 5.74) is 1.60. The number of nitrogens with zero attached hydrogens (tertiary/aromatic N) is 1. The van der Waals surface area contributed by atoms with Gasteiger partial charge in [-0.25, -0.2) is 0 Å². The fraction of sp³-hybridized carbons (Fsp3) is 0.136. The number of aliphatic hydroxyl groups excluding tert-OH is 1. The lowest BCUT2D eigenvalue weighted by molar-refractivity contribution is -0.124. The van der Waals surface area contributed by atoms with Crippen LogP contribution < -0.4 is 20.7 Å². The molecule has 0 spiro atoms. The van der Waals surface area contributed by atoms with Crippen LogP contribution in [0.2, 0.25) is 0 Å². The van der Waals surface area contributed by atoms with Gasteiger partial charge in [0.25, 0.3) is 5.91 Å². The molecule has 8 nitrogen and oxygen atoms in total. The molecule has 1 aliphatic rings. The first-order valence-corrected chi connectivity index (χ1v) is 9.27. The van der Waals surface area contributed by atoms with E-state index < -0.39 is 12.0 Å². The highest BCUT2D eigenvalue weighted by Gasteiger charge is 2.17. The van der Waals surface area contributed by atoms with E-state index in [1.54, 1.807) is 60.7 Å². The van der Waals surface area contributed by atoms with Crippen LogP contribution in [-0.2, 0) is 9.59 Å². The van der Waals surface area contributed by atoms with Gasteiger partial charge in [0, 0.05) is 24.4 Å². The smallest absolute Gasteiger partial charge is 0.257 e. The molecular formula is C22H22N4O4. The molecular weight excluding hydrogens is 384 g/mol. The van der Waals surface area contributed by atoms with Crippen molar-refractivity contribution in [1.82, 2.24) is 10.6 Å². The van der Waals surface area contributed by atoms with Crippen molar-refractivity contribution < 1.29 is 19.4 Å². The lowest BCUT2D eigenvalue weighted by Gasteiger charge is -2.14. The van der Waals surface area contributed by atoms with Crippen LogP contribution >= 0.6 is 0 Å². The summed E-state index contributed by atoms with van der Waals surface area (Å²) >= 11 is 0. The summed E-state index contributed by atoms with van der Waals surface area (Å²) in [6.45, 7) is 1.85. The molecule has 0 saturated heterocycles. The van der Waals surface area contributed by atoms with Crippen LogP contribution in [0.25, 0.3) is 0 Å². The maximum atomic E-state index is 12.2. The number of hydrogen-bond donors (Lipinski definition) is 4. The van der Waals surface area contributed by atoms with Crippen molar-refractivity contribution in [2.45, 2.75) is 13.0 Å². The molecule has 4 N–H and O–H groups in total. The minimum Gasteiger partial charge on any atom is -0.441 e. The summed E-state index contributed by atoms with van der Waals surface area (Å²) in [5, 5.41) is 18.4. The number of allylic oxidation sites excluding steroid dienone is 1. The van der Waals surface area contributed by atoms with Gasteiger partial charge in [0.1, 0.15) is 5.75 Å². The molecule has 0 unspecified atom stereocenters. The van der Waals surface area contributed by atoms with Gasteiger partial charge < -0.3 is 25.8 Å². The topological polar surface area (TPSA) is 112 Å². The van der Waals surface area contributed by atoms with Crippen LogP contribution in [0.1, 0.15) is 18.6 Å². The van der Waals surface area contributed by atoms with Gasteiger partial charge in [-0.05, 0) is 35.9 Å². The lowest BCUT2D eigenvalue weighted by atomic mass is 10.1. The van der Waals surface area contributed by atoms with Gasteiger partial charge in [-0.1, -0.05) is 30.3 Å². The van der Waals surface area contributed by atoms with Crippen LogP contribution in [0.3, 0.4) is 0 Å². The molecule has 1 heterocycles. The van der Waals surface area contributed by atoms with Gasteiger partial charge in [0.05, 0.1) is 12.9 Å². The largest absolute Gasteiger partial charge is 0.441 e. The molecule has 2 aromatic rings. The van der Waals surface area contributed by atoms with E-state index in [1.165, 1.54) is 13.3 Å². The van der Waals surface area contributed by atoms with Crippen LogP contribution in [0.15, 0.2) is 83.3 Å². The third-order valence-corrected chi connectivity index (χ3v) is 4.03. The second kappa shape index (κ2) is 10.0. The van der Waals surface area contributed by atoms with Gasteiger partial charge in [0.15, 0.2) is 6.10 Å². The van der Waals surface area contributed by atoms with Gasteiger partial charge >= 0.3 is 0 Å². The average molecular weight is 406 g/mol. The fourth-order valence-corrected chi connectivity index (χ4v) is 2.63. The van der Waals surface area contributed by atoms with Gasteiger partial charge in [-0.3, -0.25) is 14.6 Å². The summed E-state index contributed by atoms with van der Waals surface area (Å²) in [6, 6.07) is 15.4. The summed E-state index contributed by atoms with van der Waals surface area (Å²) in [7, 11) is 0. The molecule has 154 valence electrons. The lowest BCUT2D eigenvalue weighted by Crippen LogP contribution is -2.23. The molecule has 2 aromatic carbocycles. The molecule has 30 heavy (non-hydrogen) atoms. The first-order chi connectivity index (χ1) is 14.5. The zero-order chi connectivity index (χ0) is 21.3. The maximum Gasteiger partial charge on any atom is 0.257 e. The van der Waals surface area contributed by atoms with Crippen molar-refractivity contribution in [2.75, 3.05) is 11.9 Å². The Morgan fingerprint density at radius 2 is 1.83 bits per heavy atom. The number of ether oxygens (including phenoxy) is 1. The summed E-state index contributed by atoms with van der Waals surface area (Å²) < 4.78 is 5.78. The number of hydrogen-bond acceptors (Lipinski definition) is 6. The molecule has 1 atom stereocenters. The Bertz CT molecular complexity index is 982. The van der Waals surface area contributed by atoms with Crippen molar-refractivity contribution in [2.24, 2.45) is 4.99 Å². The van der Waals surface area contributed by atoms with Crippen LogP contribution in [-0.4, -0.2) is 29.8 Å². The molecule has 0 aromatic heterocycles. The maximum absolute atomic E-state index is 12.2. The van der Waals surface area contributed by atoms with Crippen LogP contribution in [0.5, 0.6) is 5.75 Å². The first-order valence-electron chi connectivity index (χ1n) is 9.27. The van der Waals surface area contributed by atoms with E-state index in [-0.39, 0.29) is 5.91 Å². The van der Waals surface area contributed by atoms with Crippen molar-refractivity contribution in [3.8, 4) is 5.75 Å². The Balaban J connectivity index is 1.64. The minimum absolute atomic E-state index is 0.195. The predicted octanol–water partition coefficient (Wildman–Crippen LogP) is 2.23. The third kappa shape index (κ3) is 6.05. The van der Waals surface area contributed by atoms with E-state index in [1.807, 2.05) is 6.07 Å². The molecule has 0 radical (unpaired) electrons. The standard InChI is InChI=1S/C22H22N4O4/c1-15(27)25-18-11-12-23-14-24-20(13-18)30-19-9-7-17(8-10-19)26-22(29)21(28)16-5-3-2-4-6-16/h2-11,13-14,21,28H,12H2,1H3,(H,23,24)(H,25,27)(H,26,29)/t21-/m1/s1. The number of anilines is 1. The summed E-state index contributed by atoms with van der Waals surface area (Å²) in [6.07, 6.45) is 3.66. The van der Waals surface area contributed by atoms with Gasteiger partial charge in [0.2, 0.25) is 11.8 Å². The predicted molar refractivity (Wildman–Crippen MR) is 114 cm³/mol. The molecule has 1 aliphatic heterocycles. The highest BCUT2D eigenvalue weighted by molar-refractivity contribution is 5.94. The van der Waals surface area contributed by atoms with E-state index >= 15 is 0 Å². The normalized spacial score (nSPS) is 14.2. The molecule has 0 bridgehead atoms. The Hall–Kier alpha value is -3.91. The van der Waals surface area contributed by atoms with E-state index in [0.29, 0.717) is 35.1 Å². The van der Waals surface area contributed by atoms with Gasteiger partial charge in [-0.15, -0.1) is 0 Å². The van der Waals surface area contributed by atoms with Crippen molar-refractivity contribution >= 4 is 23.8 Å². The molecule has 3 rings (SSSR count). The van der Waals surface area contributed by atoms with Crippen molar-refractivity contribution in [1.29, 1.82) is 0 Å². The number of rotatable bonds is 6. The quantitative estimate of drug-likeness (QED) is 0.588. The van der Waals surface area contributed by atoms with E-state index in [9.17, 15) is 14.7 Å². The Morgan fingerprint density at radius 3 is 2.53 bits per heavy atom. The van der Waals surface area contributed by atoms with E-state index in [2.05, 4.69) is 20.9 Å². The minimum atomic E-state index is -1.26. The second-order valence-corrected chi connectivity index (χ2v) is 6.42. The number of aliphatic hydroxyl groups is 1. The monoisotopic (exact) mass is 406 g/mol. The second-order valence-electron chi connectivity index (χ2n) is 6.42. The molecule has 0 saturated carbocycles. The van der Waals surface area contributed by atoms with Crippen molar-refractivity contribution in [3.63, 3.8) is 0 Å². The number of nitrogens with one attached hydrogen (secondary N) is 3. The Kier molecular flexibility index (Phi) is 6.96. The number of carbonyl (C=O) groups excluding carboxylic acids is 2. The number of carbonyl (C=O) groups is 2. The van der Waals surface area contributed by atoms with E-state index in [0.717, 1.165) is 0 Å². The molecule has 0 aliphatic carbocycles. The fourth-order valence-electron chi connectivity index (χ4n) is 2.63. The van der Waals surface area contributed by atoms with Crippen LogP contribution in [0, 0.1) is 0 Å². The highest BCUT2D eigenvalue weighted by atomic mass is 16.5. The SMILES string of the molecule is CC(=O)NC1=CCN=CNC(Oc2ccc(NC(=O)[C@H](O)c3ccccc3)cc2)=C1. The summed E-state index contributed by atoms with van der Waals surface area (Å²) in [4.78, 5) is 27.7. The number of benzene rings is 2. The third-order valence-electron chi connectivity index (χ3n) is 4.03.